The van der Waals surface area contributed by atoms with Crippen LogP contribution in [0.2, 0.25) is 0 Å². The van der Waals surface area contributed by atoms with Gasteiger partial charge in [0.2, 0.25) is 0 Å². The zero-order chi connectivity index (χ0) is 17.5. The molecule has 0 atom stereocenters. The van der Waals surface area contributed by atoms with Gasteiger partial charge in [0.05, 0.1) is 0 Å². The minimum absolute atomic E-state index is 0.750. The number of hydrogen-bond acceptors (Lipinski definition) is 2. The van der Waals surface area contributed by atoms with Gasteiger partial charge in [-0.3, -0.25) is 4.99 Å². The highest BCUT2D eigenvalue weighted by molar-refractivity contribution is 5.79. The van der Waals surface area contributed by atoms with E-state index >= 15 is 0 Å². The van der Waals surface area contributed by atoms with E-state index in [1.54, 1.807) is 0 Å². The van der Waals surface area contributed by atoms with Crippen molar-refractivity contribution < 1.29 is 0 Å². The van der Waals surface area contributed by atoms with E-state index in [0.29, 0.717) is 0 Å². The number of nitrogens with zero attached hydrogens (tertiary/aromatic N) is 1. The zero-order valence-electron chi connectivity index (χ0n) is 16.1. The van der Waals surface area contributed by atoms with Crippen molar-refractivity contribution in [3.05, 3.63) is 23.9 Å². The van der Waals surface area contributed by atoms with Crippen LogP contribution in [0.5, 0.6) is 0 Å². The molecule has 0 aliphatic rings. The van der Waals surface area contributed by atoms with E-state index in [2.05, 4.69) is 45.3 Å². The first kappa shape index (κ1) is 28.3. The second-order valence-corrected chi connectivity index (χ2v) is 4.37. The summed E-state index contributed by atoms with van der Waals surface area (Å²) in [6.07, 6.45) is 10.3. The summed E-state index contributed by atoms with van der Waals surface area (Å²) in [5.41, 5.74) is 7.02. The monoisotopic (exact) mass is 298 g/mol. The topological polar surface area (TPSA) is 38.4 Å². The standard InChI is InChI=1S/C11H19N.C4H10.C2H7N.C2H6/c1-5-7-8-11(6-2)9-12-10(3)4;1-3-4-2;1-2-3;1-2/h6,9H,3,5,7-8H2,1-2,4H3;3-4H2,1-2H3;2-3H2,1H3;1-2H3/b11-6-,12-9?;;;. The zero-order valence-corrected chi connectivity index (χ0v) is 16.1. The minimum atomic E-state index is 0.750. The smallest absolute Gasteiger partial charge is 0.0301 e. The molecule has 0 amide bonds. The highest BCUT2D eigenvalue weighted by Crippen LogP contribution is 2.05. The maximum Gasteiger partial charge on any atom is 0.0301 e. The van der Waals surface area contributed by atoms with Gasteiger partial charge in [0.25, 0.3) is 0 Å². The second kappa shape index (κ2) is 31.5. The Balaban J connectivity index is -0.000000133. The Kier molecular flexibility index (Phi) is 42.4. The van der Waals surface area contributed by atoms with E-state index in [9.17, 15) is 0 Å². The Hall–Kier alpha value is -0.890. The van der Waals surface area contributed by atoms with Crippen LogP contribution in [-0.2, 0) is 0 Å². The van der Waals surface area contributed by atoms with Crippen molar-refractivity contribution >= 4 is 6.21 Å². The van der Waals surface area contributed by atoms with Gasteiger partial charge in [-0.1, -0.05) is 73.5 Å². The van der Waals surface area contributed by atoms with Crippen LogP contribution in [0.4, 0.5) is 0 Å². The van der Waals surface area contributed by atoms with Crippen molar-refractivity contribution in [3.63, 3.8) is 0 Å². The molecular formula is C19H42N2. The second-order valence-electron chi connectivity index (χ2n) is 4.37. The number of hydrogen-bond donors (Lipinski definition) is 1. The lowest BCUT2D eigenvalue weighted by Crippen LogP contribution is -1.87. The van der Waals surface area contributed by atoms with Crippen LogP contribution in [0.1, 0.15) is 87.5 Å². The van der Waals surface area contributed by atoms with Crippen molar-refractivity contribution in [1.82, 2.24) is 0 Å². The molecule has 0 saturated heterocycles. The molecule has 0 unspecified atom stereocenters. The van der Waals surface area contributed by atoms with Crippen LogP contribution in [0.15, 0.2) is 28.9 Å². The summed E-state index contributed by atoms with van der Waals surface area (Å²) < 4.78 is 0. The Labute approximate surface area is 135 Å². The molecule has 0 aromatic rings. The third kappa shape index (κ3) is 45.3. The van der Waals surface area contributed by atoms with Crippen LogP contribution in [0.25, 0.3) is 0 Å². The van der Waals surface area contributed by atoms with Gasteiger partial charge in [0, 0.05) is 11.9 Å². The number of unbranched alkanes of at least 4 members (excludes halogenated alkanes) is 2. The molecule has 0 radical (unpaired) electrons. The van der Waals surface area contributed by atoms with E-state index in [1.165, 1.54) is 31.3 Å². The summed E-state index contributed by atoms with van der Waals surface area (Å²) in [6.45, 7) is 20.9. The predicted octanol–water partition coefficient (Wildman–Crippen LogP) is 6.52. The Morgan fingerprint density at radius 1 is 1.05 bits per heavy atom. The van der Waals surface area contributed by atoms with Gasteiger partial charge in [-0.15, -0.1) is 0 Å². The Bertz CT molecular complexity index is 226. The van der Waals surface area contributed by atoms with Gasteiger partial charge < -0.3 is 5.73 Å². The largest absolute Gasteiger partial charge is 0.331 e. The molecule has 0 spiro atoms. The van der Waals surface area contributed by atoms with E-state index in [0.717, 1.165) is 18.7 Å². The molecule has 0 aliphatic heterocycles. The Morgan fingerprint density at radius 2 is 1.48 bits per heavy atom. The fraction of sp³-hybridized carbons (Fsp3) is 0.737. The average Bonchev–Trinajstić information content (AvgIpc) is 2.50. The fourth-order valence-corrected chi connectivity index (χ4v) is 0.857. The summed E-state index contributed by atoms with van der Waals surface area (Å²) in [4.78, 5) is 4.16. The van der Waals surface area contributed by atoms with Crippen LogP contribution in [0, 0.1) is 0 Å². The molecule has 0 rings (SSSR count). The fourth-order valence-electron chi connectivity index (χ4n) is 0.857. The SMILES string of the molecule is C=C(C)N=C/C(=C\C)CCCC.CC.CCCC.CCN. The minimum Gasteiger partial charge on any atom is -0.331 e. The molecule has 0 fully saturated rings. The molecular weight excluding hydrogens is 256 g/mol. The van der Waals surface area contributed by atoms with E-state index in [4.69, 9.17) is 5.73 Å². The van der Waals surface area contributed by atoms with Gasteiger partial charge in [-0.2, -0.15) is 0 Å². The van der Waals surface area contributed by atoms with Crippen molar-refractivity contribution in [3.8, 4) is 0 Å². The molecule has 0 saturated carbocycles. The quantitative estimate of drug-likeness (QED) is 0.556. The maximum atomic E-state index is 4.85. The summed E-state index contributed by atoms with van der Waals surface area (Å²) in [6, 6.07) is 0. The molecule has 0 bridgehead atoms. The lowest BCUT2D eigenvalue weighted by molar-refractivity contribution is 0.803. The molecule has 21 heavy (non-hydrogen) atoms. The molecule has 128 valence electrons. The number of allylic oxidation sites excluding steroid dienone is 3. The van der Waals surface area contributed by atoms with Gasteiger partial charge in [-0.25, -0.2) is 0 Å². The van der Waals surface area contributed by atoms with Crippen molar-refractivity contribution in [1.29, 1.82) is 0 Å². The van der Waals surface area contributed by atoms with Crippen LogP contribution in [0.3, 0.4) is 0 Å². The molecule has 2 N–H and O–H groups in total. The van der Waals surface area contributed by atoms with Gasteiger partial charge >= 0.3 is 0 Å². The number of nitrogens with two attached hydrogens (primary N) is 1. The molecule has 2 heteroatoms. The van der Waals surface area contributed by atoms with Crippen LogP contribution < -0.4 is 5.73 Å². The third-order valence-corrected chi connectivity index (χ3v) is 2.14. The third-order valence-electron chi connectivity index (χ3n) is 2.14. The van der Waals surface area contributed by atoms with Crippen molar-refractivity contribution in [2.45, 2.75) is 87.5 Å². The summed E-state index contributed by atoms with van der Waals surface area (Å²) in [7, 11) is 0. The highest BCUT2D eigenvalue weighted by Gasteiger charge is 1.90. The summed E-state index contributed by atoms with van der Waals surface area (Å²) in [5, 5.41) is 0. The lowest BCUT2D eigenvalue weighted by atomic mass is 10.1. The molecule has 0 heterocycles. The van der Waals surface area contributed by atoms with E-state index in [1.807, 2.05) is 33.9 Å². The molecule has 0 aromatic carbocycles. The molecule has 0 aromatic heterocycles. The maximum absolute atomic E-state index is 4.85. The van der Waals surface area contributed by atoms with Crippen molar-refractivity contribution in [2.24, 2.45) is 10.7 Å². The van der Waals surface area contributed by atoms with Gasteiger partial charge in [0.1, 0.15) is 0 Å². The van der Waals surface area contributed by atoms with E-state index < -0.39 is 0 Å². The highest BCUT2D eigenvalue weighted by atomic mass is 14.7. The number of rotatable bonds is 6. The van der Waals surface area contributed by atoms with E-state index in [-0.39, 0.29) is 0 Å². The van der Waals surface area contributed by atoms with Crippen LogP contribution >= 0.6 is 0 Å². The summed E-state index contributed by atoms with van der Waals surface area (Å²) >= 11 is 0. The lowest BCUT2D eigenvalue weighted by Gasteiger charge is -1.98. The van der Waals surface area contributed by atoms with Crippen molar-refractivity contribution in [2.75, 3.05) is 6.54 Å². The number of aliphatic imine (C=N–C) groups is 1. The van der Waals surface area contributed by atoms with Crippen LogP contribution in [-0.4, -0.2) is 12.8 Å². The predicted molar refractivity (Wildman–Crippen MR) is 103 cm³/mol. The first-order chi connectivity index (χ1) is 10.0. The normalized spacial score (nSPS) is 9.67. The summed E-state index contributed by atoms with van der Waals surface area (Å²) in [5.74, 6) is 0. The average molecular weight is 299 g/mol. The molecule has 2 nitrogen and oxygen atoms in total. The first-order valence-electron chi connectivity index (χ1n) is 8.58. The first-order valence-corrected chi connectivity index (χ1v) is 8.58. The Morgan fingerprint density at radius 3 is 1.71 bits per heavy atom. The molecule has 0 aliphatic carbocycles. The van der Waals surface area contributed by atoms with Gasteiger partial charge in [0.15, 0.2) is 0 Å². The van der Waals surface area contributed by atoms with Gasteiger partial charge in [-0.05, 0) is 38.8 Å².